The summed E-state index contributed by atoms with van der Waals surface area (Å²) in [5, 5.41) is 3.01. The third-order valence-corrected chi connectivity index (χ3v) is 6.70. The Morgan fingerprint density at radius 3 is 2.64 bits per heavy atom. The maximum atomic E-state index is 12.3. The van der Waals surface area contributed by atoms with Crippen LogP contribution in [0.5, 0.6) is 0 Å². The van der Waals surface area contributed by atoms with Gasteiger partial charge in [0.2, 0.25) is 0 Å². The van der Waals surface area contributed by atoms with Gasteiger partial charge in [0.25, 0.3) is 5.91 Å². The van der Waals surface area contributed by atoms with E-state index in [-0.39, 0.29) is 11.9 Å². The van der Waals surface area contributed by atoms with Gasteiger partial charge >= 0.3 is 0 Å². The molecule has 2 rings (SSSR count). The van der Waals surface area contributed by atoms with Crippen LogP contribution in [-0.2, 0) is 0 Å². The number of halogens is 2. The Morgan fingerprint density at radius 1 is 1.41 bits per heavy atom. The number of carbonyl (C=O) groups is 1. The van der Waals surface area contributed by atoms with Crippen LogP contribution >= 0.6 is 43.2 Å². The van der Waals surface area contributed by atoms with E-state index < -0.39 is 0 Å². The molecule has 7 heteroatoms. The summed E-state index contributed by atoms with van der Waals surface area (Å²) in [6.45, 7) is 6.52. The van der Waals surface area contributed by atoms with Gasteiger partial charge in [0, 0.05) is 11.0 Å². The minimum Gasteiger partial charge on any atom is -0.468 e. The fourth-order valence-electron chi connectivity index (χ4n) is 2.29. The summed E-state index contributed by atoms with van der Waals surface area (Å²) >= 11 is 8.22. The van der Waals surface area contributed by atoms with Crippen molar-refractivity contribution >= 4 is 49.1 Å². The van der Waals surface area contributed by atoms with Crippen molar-refractivity contribution in [2.24, 2.45) is 0 Å². The topological polar surface area (TPSA) is 45.5 Å². The molecular weight excluding hydrogens is 432 g/mol. The summed E-state index contributed by atoms with van der Waals surface area (Å²) in [5.41, 5.74) is 0. The molecule has 0 bridgehead atoms. The lowest BCUT2D eigenvalue weighted by Gasteiger charge is -2.28. The van der Waals surface area contributed by atoms with Gasteiger partial charge in [-0.3, -0.25) is 9.69 Å². The monoisotopic (exact) mass is 448 g/mol. The van der Waals surface area contributed by atoms with Crippen molar-refractivity contribution in [2.75, 3.05) is 19.6 Å². The van der Waals surface area contributed by atoms with Crippen LogP contribution in [-0.4, -0.2) is 30.4 Å². The van der Waals surface area contributed by atoms with Gasteiger partial charge in [-0.2, -0.15) is 0 Å². The number of amides is 1. The zero-order valence-electron chi connectivity index (χ0n) is 12.4. The van der Waals surface area contributed by atoms with Crippen molar-refractivity contribution in [2.45, 2.75) is 19.9 Å². The number of likely N-dealkylation sites (N-methyl/N-ethyl adjacent to an activating group) is 1. The zero-order chi connectivity index (χ0) is 16.1. The second-order valence-electron chi connectivity index (χ2n) is 4.69. The Balaban J connectivity index is 2.06. The molecule has 0 aliphatic carbocycles. The first kappa shape index (κ1) is 17.7. The van der Waals surface area contributed by atoms with Crippen LogP contribution in [0.2, 0.25) is 0 Å². The molecule has 2 aromatic heterocycles. The van der Waals surface area contributed by atoms with Gasteiger partial charge in [0.05, 0.1) is 21.0 Å². The third kappa shape index (κ3) is 4.22. The predicted molar refractivity (Wildman–Crippen MR) is 96.4 cm³/mol. The van der Waals surface area contributed by atoms with Crippen LogP contribution in [0.3, 0.4) is 0 Å². The predicted octanol–water partition coefficient (Wildman–Crippen LogP) is 4.68. The van der Waals surface area contributed by atoms with Crippen molar-refractivity contribution in [1.82, 2.24) is 10.2 Å². The maximum absolute atomic E-state index is 12.3. The molecule has 1 amide bonds. The van der Waals surface area contributed by atoms with E-state index >= 15 is 0 Å². The smallest absolute Gasteiger partial charge is 0.261 e. The highest BCUT2D eigenvalue weighted by molar-refractivity contribution is 9.13. The quantitative estimate of drug-likeness (QED) is 0.667. The van der Waals surface area contributed by atoms with Gasteiger partial charge in [-0.05, 0) is 63.1 Å². The fraction of sp³-hybridized carbons (Fsp3) is 0.400. The Morgan fingerprint density at radius 2 is 2.14 bits per heavy atom. The standard InChI is InChI=1S/C15H18Br2N2O2S/c1-3-19(4-2)11(12-6-5-7-21-12)9-18-15(20)13-8-10(16)14(17)22-13/h5-8,11H,3-4,9H2,1-2H3,(H,18,20). The molecule has 0 saturated heterocycles. The zero-order valence-corrected chi connectivity index (χ0v) is 16.4. The Hall–Kier alpha value is -0.630. The molecular formula is C15H18Br2N2O2S. The highest BCUT2D eigenvalue weighted by Gasteiger charge is 2.22. The molecule has 22 heavy (non-hydrogen) atoms. The molecule has 4 nitrogen and oxygen atoms in total. The van der Waals surface area contributed by atoms with E-state index in [9.17, 15) is 4.79 Å². The summed E-state index contributed by atoms with van der Waals surface area (Å²) in [6.07, 6.45) is 1.67. The number of carbonyl (C=O) groups excluding carboxylic acids is 1. The number of furan rings is 1. The molecule has 1 atom stereocenters. The molecule has 0 aliphatic heterocycles. The third-order valence-electron chi connectivity index (χ3n) is 3.45. The molecule has 0 fully saturated rings. The Kier molecular flexibility index (Phi) is 6.67. The lowest BCUT2D eigenvalue weighted by Crippen LogP contribution is -2.37. The Bertz CT molecular complexity index is 590. The first-order valence-electron chi connectivity index (χ1n) is 7.07. The number of hydrogen-bond acceptors (Lipinski definition) is 4. The van der Waals surface area contributed by atoms with Crippen LogP contribution in [0, 0.1) is 0 Å². The van der Waals surface area contributed by atoms with Crippen molar-refractivity contribution in [3.05, 3.63) is 43.4 Å². The van der Waals surface area contributed by atoms with E-state index in [1.54, 1.807) is 6.26 Å². The molecule has 1 unspecified atom stereocenters. The first-order valence-corrected chi connectivity index (χ1v) is 9.47. The first-order chi connectivity index (χ1) is 10.6. The summed E-state index contributed by atoms with van der Waals surface area (Å²) in [7, 11) is 0. The van der Waals surface area contributed by atoms with Crippen molar-refractivity contribution in [1.29, 1.82) is 0 Å². The molecule has 0 aromatic carbocycles. The van der Waals surface area contributed by atoms with Crippen LogP contribution in [0.15, 0.2) is 37.1 Å². The average molecular weight is 450 g/mol. The molecule has 2 aromatic rings. The van der Waals surface area contributed by atoms with Crippen LogP contribution in [0.1, 0.15) is 35.3 Å². The number of nitrogens with one attached hydrogen (secondary N) is 1. The van der Waals surface area contributed by atoms with Crippen LogP contribution in [0.4, 0.5) is 0 Å². The molecule has 0 aliphatic rings. The van der Waals surface area contributed by atoms with E-state index in [2.05, 4.69) is 55.9 Å². The SMILES string of the molecule is CCN(CC)C(CNC(=O)c1cc(Br)c(Br)s1)c1ccco1. The number of thiophene rings is 1. The van der Waals surface area contributed by atoms with Gasteiger partial charge in [-0.1, -0.05) is 13.8 Å². The van der Waals surface area contributed by atoms with Gasteiger partial charge in [0.15, 0.2) is 0 Å². The fourth-order valence-corrected chi connectivity index (χ4v) is 4.24. The summed E-state index contributed by atoms with van der Waals surface area (Å²) in [4.78, 5) is 15.2. The number of nitrogens with zero attached hydrogens (tertiary/aromatic N) is 1. The lowest BCUT2D eigenvalue weighted by molar-refractivity contribution is 0.0933. The van der Waals surface area contributed by atoms with E-state index in [4.69, 9.17) is 4.42 Å². The highest BCUT2D eigenvalue weighted by Crippen LogP contribution is 2.32. The molecule has 0 radical (unpaired) electrons. The molecule has 0 spiro atoms. The maximum Gasteiger partial charge on any atom is 0.261 e. The minimum absolute atomic E-state index is 0.0424. The normalized spacial score (nSPS) is 12.6. The van der Waals surface area contributed by atoms with Gasteiger partial charge in [-0.15, -0.1) is 11.3 Å². The van der Waals surface area contributed by atoms with E-state index in [0.29, 0.717) is 11.4 Å². The Labute approximate surface area is 151 Å². The van der Waals surface area contributed by atoms with Crippen molar-refractivity contribution in [3.8, 4) is 0 Å². The molecule has 1 N–H and O–H groups in total. The summed E-state index contributed by atoms with van der Waals surface area (Å²) in [6, 6.07) is 5.69. The number of rotatable bonds is 7. The van der Waals surface area contributed by atoms with E-state index in [1.165, 1.54) is 11.3 Å². The number of hydrogen-bond donors (Lipinski definition) is 1. The van der Waals surface area contributed by atoms with Gasteiger partial charge < -0.3 is 9.73 Å². The minimum atomic E-state index is -0.0693. The van der Waals surface area contributed by atoms with Crippen molar-refractivity contribution in [3.63, 3.8) is 0 Å². The molecule has 120 valence electrons. The summed E-state index contributed by atoms with van der Waals surface area (Å²) in [5.74, 6) is 0.803. The lowest BCUT2D eigenvalue weighted by atomic mass is 10.2. The van der Waals surface area contributed by atoms with Crippen molar-refractivity contribution < 1.29 is 9.21 Å². The molecule has 2 heterocycles. The second kappa shape index (κ2) is 8.29. The van der Waals surface area contributed by atoms with E-state index in [1.807, 2.05) is 18.2 Å². The van der Waals surface area contributed by atoms with E-state index in [0.717, 1.165) is 27.1 Å². The largest absolute Gasteiger partial charge is 0.468 e. The van der Waals surface area contributed by atoms with Crippen LogP contribution < -0.4 is 5.32 Å². The average Bonchev–Trinajstić information content (AvgIpc) is 3.14. The summed E-state index contributed by atoms with van der Waals surface area (Å²) < 4.78 is 7.35. The van der Waals surface area contributed by atoms with Crippen LogP contribution in [0.25, 0.3) is 0 Å². The van der Waals surface area contributed by atoms with Gasteiger partial charge in [0.1, 0.15) is 5.76 Å². The second-order valence-corrected chi connectivity index (χ2v) is 7.92. The van der Waals surface area contributed by atoms with Gasteiger partial charge in [-0.25, -0.2) is 0 Å². The highest BCUT2D eigenvalue weighted by atomic mass is 79.9. The molecule has 0 saturated carbocycles.